The number of amides is 1. The fraction of sp³-hybridized carbons (Fsp3) is 0.214. The normalized spacial score (nSPS) is 10.3. The lowest BCUT2D eigenvalue weighted by atomic mass is 10.1. The second kappa shape index (κ2) is 7.49. The summed E-state index contributed by atoms with van der Waals surface area (Å²) in [5.41, 5.74) is -0.927. The number of carbonyl (C=O) groups is 2. The lowest BCUT2D eigenvalue weighted by molar-refractivity contribution is -0.115. The largest absolute Gasteiger partial charge is 0.461 e. The summed E-state index contributed by atoms with van der Waals surface area (Å²) in [6.45, 7) is 1.65. The summed E-state index contributed by atoms with van der Waals surface area (Å²) in [5, 5.41) is 9.11. The second-order valence-electron chi connectivity index (χ2n) is 4.45. The molecule has 0 bridgehead atoms. The van der Waals surface area contributed by atoms with Crippen molar-refractivity contribution in [3.8, 4) is 0 Å². The molecule has 1 heterocycles. The Balaban J connectivity index is 2.18. The number of hydrogen-bond donors (Lipinski definition) is 1. The van der Waals surface area contributed by atoms with Gasteiger partial charge in [0.2, 0.25) is 5.91 Å². The molecule has 1 N–H and O–H groups in total. The van der Waals surface area contributed by atoms with Crippen LogP contribution in [0.15, 0.2) is 18.5 Å². The van der Waals surface area contributed by atoms with Gasteiger partial charge in [0.05, 0.1) is 13.0 Å². The van der Waals surface area contributed by atoms with Crippen LogP contribution in [0.4, 0.5) is 19.0 Å². The van der Waals surface area contributed by atoms with Crippen molar-refractivity contribution in [3.63, 3.8) is 0 Å². The maximum Gasteiger partial charge on any atom is 0.360 e. The minimum atomic E-state index is -1.20. The molecule has 0 atom stereocenters. The predicted octanol–water partition coefficient (Wildman–Crippen LogP) is 1.65. The lowest BCUT2D eigenvalue weighted by Crippen LogP contribution is -2.21. The van der Waals surface area contributed by atoms with Gasteiger partial charge in [0.15, 0.2) is 11.5 Å². The van der Waals surface area contributed by atoms with Crippen LogP contribution in [-0.4, -0.2) is 33.7 Å². The van der Waals surface area contributed by atoms with Gasteiger partial charge in [0, 0.05) is 17.7 Å². The number of nitrogens with one attached hydrogen (secondary N) is 1. The molecule has 10 heteroatoms. The highest BCUT2D eigenvalue weighted by Crippen LogP contribution is 2.16. The van der Waals surface area contributed by atoms with E-state index in [1.54, 1.807) is 6.92 Å². The highest BCUT2D eigenvalue weighted by molar-refractivity contribution is 5.99. The molecule has 0 saturated carbocycles. The monoisotopic (exact) mass is 340 g/mol. The van der Waals surface area contributed by atoms with E-state index in [4.69, 9.17) is 4.74 Å². The van der Waals surface area contributed by atoms with Crippen molar-refractivity contribution in [2.24, 2.45) is 0 Å². The van der Waals surface area contributed by atoms with Crippen LogP contribution in [0.25, 0.3) is 0 Å². The quantitative estimate of drug-likeness (QED) is 0.832. The van der Waals surface area contributed by atoms with Crippen LogP contribution in [0, 0.1) is 17.5 Å². The van der Waals surface area contributed by atoms with Gasteiger partial charge in [-0.25, -0.2) is 22.9 Å². The van der Waals surface area contributed by atoms with Gasteiger partial charge >= 0.3 is 5.97 Å². The van der Waals surface area contributed by atoms with Crippen molar-refractivity contribution >= 4 is 17.7 Å². The minimum absolute atomic E-state index is 0.0717. The summed E-state index contributed by atoms with van der Waals surface area (Å²) in [7, 11) is 0. The number of carbonyl (C=O) groups excluding carboxylic acids is 2. The molecule has 1 aromatic heterocycles. The molecular weight excluding hydrogens is 329 g/mol. The van der Waals surface area contributed by atoms with Gasteiger partial charge in [0.1, 0.15) is 23.8 Å². The van der Waals surface area contributed by atoms with Gasteiger partial charge in [0.25, 0.3) is 0 Å². The molecule has 0 spiro atoms. The SMILES string of the molecule is CCOC(=O)c1ncnnc1NC(=O)Cc1c(F)cc(F)cc1F. The van der Waals surface area contributed by atoms with Gasteiger partial charge < -0.3 is 10.1 Å². The van der Waals surface area contributed by atoms with Crippen LogP contribution in [-0.2, 0) is 16.0 Å². The van der Waals surface area contributed by atoms with Crippen LogP contribution in [0.1, 0.15) is 23.0 Å². The number of rotatable bonds is 5. The fourth-order valence-electron chi connectivity index (χ4n) is 1.79. The first-order chi connectivity index (χ1) is 11.4. The van der Waals surface area contributed by atoms with E-state index in [9.17, 15) is 22.8 Å². The summed E-state index contributed by atoms with van der Waals surface area (Å²) in [5.74, 6) is -5.56. The summed E-state index contributed by atoms with van der Waals surface area (Å²) in [4.78, 5) is 27.2. The van der Waals surface area contributed by atoms with Gasteiger partial charge in [-0.1, -0.05) is 0 Å². The topological polar surface area (TPSA) is 94.1 Å². The van der Waals surface area contributed by atoms with Gasteiger partial charge in [-0.2, -0.15) is 0 Å². The lowest BCUT2D eigenvalue weighted by Gasteiger charge is -2.08. The van der Waals surface area contributed by atoms with E-state index in [-0.39, 0.29) is 18.1 Å². The average Bonchev–Trinajstić information content (AvgIpc) is 2.51. The third kappa shape index (κ3) is 4.03. The maximum atomic E-state index is 13.5. The summed E-state index contributed by atoms with van der Waals surface area (Å²) >= 11 is 0. The Morgan fingerprint density at radius 1 is 1.21 bits per heavy atom. The number of ether oxygens (including phenoxy) is 1. The van der Waals surface area contributed by atoms with Crippen molar-refractivity contribution in [1.82, 2.24) is 15.2 Å². The van der Waals surface area contributed by atoms with E-state index in [0.717, 1.165) is 6.33 Å². The maximum absolute atomic E-state index is 13.5. The van der Waals surface area contributed by atoms with Crippen LogP contribution in [0.5, 0.6) is 0 Å². The molecule has 0 saturated heterocycles. The molecule has 126 valence electrons. The molecule has 0 aliphatic heterocycles. The van der Waals surface area contributed by atoms with E-state index < -0.39 is 41.3 Å². The average molecular weight is 340 g/mol. The number of benzene rings is 1. The number of anilines is 1. The Morgan fingerprint density at radius 2 is 1.88 bits per heavy atom. The zero-order valence-corrected chi connectivity index (χ0v) is 12.3. The second-order valence-corrected chi connectivity index (χ2v) is 4.45. The molecule has 1 aromatic carbocycles. The first-order valence-electron chi connectivity index (χ1n) is 6.70. The zero-order chi connectivity index (χ0) is 17.7. The van der Waals surface area contributed by atoms with Crippen LogP contribution in [0.2, 0.25) is 0 Å². The molecule has 0 aliphatic rings. The minimum Gasteiger partial charge on any atom is -0.461 e. The van der Waals surface area contributed by atoms with Gasteiger partial charge in [-0.05, 0) is 6.92 Å². The Kier molecular flexibility index (Phi) is 5.40. The molecule has 2 aromatic rings. The van der Waals surface area contributed by atoms with Crippen molar-refractivity contribution in [2.75, 3.05) is 11.9 Å². The standard InChI is InChI=1S/C14H11F3N4O3/c1-2-24-14(23)12-13(21-19-6-18-12)20-11(22)5-8-9(16)3-7(15)4-10(8)17/h3-4,6H,2,5H2,1H3,(H,20,21,22). The molecule has 1 amide bonds. The first kappa shape index (κ1) is 17.3. The Bertz CT molecular complexity index is 763. The number of nitrogens with zero attached hydrogens (tertiary/aromatic N) is 3. The van der Waals surface area contributed by atoms with E-state index in [2.05, 4.69) is 20.5 Å². The number of halogens is 3. The Morgan fingerprint density at radius 3 is 2.50 bits per heavy atom. The molecule has 7 nitrogen and oxygen atoms in total. The summed E-state index contributed by atoms with van der Waals surface area (Å²) < 4.78 is 44.7. The zero-order valence-electron chi connectivity index (χ0n) is 12.3. The highest BCUT2D eigenvalue weighted by Gasteiger charge is 2.20. The van der Waals surface area contributed by atoms with Crippen LogP contribution >= 0.6 is 0 Å². The van der Waals surface area contributed by atoms with Crippen molar-refractivity contribution in [2.45, 2.75) is 13.3 Å². The summed E-state index contributed by atoms with van der Waals surface area (Å²) in [6, 6.07) is 0.916. The highest BCUT2D eigenvalue weighted by atomic mass is 19.1. The third-order valence-electron chi connectivity index (χ3n) is 2.79. The number of aromatic nitrogens is 3. The fourth-order valence-corrected chi connectivity index (χ4v) is 1.79. The van der Waals surface area contributed by atoms with Gasteiger partial charge in [-0.15, -0.1) is 10.2 Å². The smallest absolute Gasteiger partial charge is 0.360 e. The molecule has 2 rings (SSSR count). The van der Waals surface area contributed by atoms with Crippen molar-refractivity contribution < 1.29 is 27.5 Å². The van der Waals surface area contributed by atoms with Crippen LogP contribution < -0.4 is 5.32 Å². The van der Waals surface area contributed by atoms with Gasteiger partial charge in [-0.3, -0.25) is 4.79 Å². The molecule has 0 fully saturated rings. The molecule has 0 unspecified atom stereocenters. The molecule has 24 heavy (non-hydrogen) atoms. The Hall–Kier alpha value is -3.04. The molecule has 0 radical (unpaired) electrons. The predicted molar refractivity (Wildman–Crippen MR) is 74.4 cm³/mol. The van der Waals surface area contributed by atoms with E-state index >= 15 is 0 Å². The van der Waals surface area contributed by atoms with Crippen LogP contribution in [0.3, 0.4) is 0 Å². The number of hydrogen-bond acceptors (Lipinski definition) is 6. The molecular formula is C14H11F3N4O3. The van der Waals surface area contributed by atoms with Crippen molar-refractivity contribution in [3.05, 3.63) is 47.2 Å². The van der Waals surface area contributed by atoms with Crippen molar-refractivity contribution in [1.29, 1.82) is 0 Å². The summed E-state index contributed by atoms with van der Waals surface area (Å²) in [6.07, 6.45) is 0.234. The van der Waals surface area contributed by atoms with E-state index in [0.29, 0.717) is 12.1 Å². The number of esters is 1. The Labute approximate surface area is 133 Å². The molecule has 0 aliphatic carbocycles. The van der Waals surface area contributed by atoms with E-state index in [1.807, 2.05) is 0 Å². The third-order valence-corrected chi connectivity index (χ3v) is 2.79. The van der Waals surface area contributed by atoms with E-state index in [1.165, 1.54) is 0 Å². The first-order valence-corrected chi connectivity index (χ1v) is 6.70.